The number of anilines is 1. The molecule has 2 aromatic carbocycles. The number of ether oxygens (including phenoxy) is 1. The van der Waals surface area contributed by atoms with Crippen LogP contribution >= 0.6 is 0 Å². The van der Waals surface area contributed by atoms with Crippen LogP contribution in [0.3, 0.4) is 0 Å². The van der Waals surface area contributed by atoms with Gasteiger partial charge in [-0.15, -0.1) is 0 Å². The molecule has 0 bridgehead atoms. The highest BCUT2D eigenvalue weighted by molar-refractivity contribution is 5.94. The van der Waals surface area contributed by atoms with Crippen molar-refractivity contribution >= 4 is 11.6 Å². The van der Waals surface area contributed by atoms with Gasteiger partial charge >= 0.3 is 0 Å². The summed E-state index contributed by atoms with van der Waals surface area (Å²) in [4.78, 5) is 12.1. The molecule has 1 aliphatic rings. The van der Waals surface area contributed by atoms with Crippen LogP contribution in [0.2, 0.25) is 0 Å². The zero-order valence-corrected chi connectivity index (χ0v) is 13.8. The van der Waals surface area contributed by atoms with E-state index in [9.17, 15) is 4.79 Å². The van der Waals surface area contributed by atoms with Gasteiger partial charge in [0.1, 0.15) is 5.75 Å². The van der Waals surface area contributed by atoms with Gasteiger partial charge < -0.3 is 15.8 Å². The minimum Gasteiger partial charge on any atom is -0.490 e. The Bertz CT molecular complexity index is 676. The summed E-state index contributed by atoms with van der Waals surface area (Å²) in [7, 11) is 0. The third-order valence-corrected chi connectivity index (χ3v) is 4.38. The lowest BCUT2D eigenvalue weighted by atomic mass is 9.98. The van der Waals surface area contributed by atoms with Gasteiger partial charge in [0.15, 0.2) is 0 Å². The zero-order valence-electron chi connectivity index (χ0n) is 13.8. The Labute approximate surface area is 143 Å². The van der Waals surface area contributed by atoms with E-state index in [4.69, 9.17) is 10.5 Å². The van der Waals surface area contributed by atoms with Gasteiger partial charge in [-0.05, 0) is 61.6 Å². The molecule has 1 fully saturated rings. The normalized spacial score (nSPS) is 15.0. The van der Waals surface area contributed by atoms with Crippen LogP contribution in [0.1, 0.15) is 48.0 Å². The predicted octanol–water partition coefficient (Wildman–Crippen LogP) is 3.91. The van der Waals surface area contributed by atoms with Crippen LogP contribution in [0.5, 0.6) is 5.75 Å². The number of nitrogen functional groups attached to an aromatic ring is 1. The van der Waals surface area contributed by atoms with Gasteiger partial charge in [-0.1, -0.05) is 24.6 Å². The highest BCUT2D eigenvalue weighted by atomic mass is 16.5. The number of benzene rings is 2. The molecule has 0 spiro atoms. The van der Waals surface area contributed by atoms with Gasteiger partial charge in [0.25, 0.3) is 5.91 Å². The standard InChI is InChI=1S/C20H24N2O2/c21-17-6-4-5-16(13-17)20(23)22-14-15-9-11-19(12-10-15)24-18-7-2-1-3-8-18/h4-6,9-13,18H,1-3,7-8,14,21H2,(H,22,23). The zero-order chi connectivity index (χ0) is 16.8. The maximum Gasteiger partial charge on any atom is 0.251 e. The molecule has 1 saturated carbocycles. The molecule has 0 unspecified atom stereocenters. The summed E-state index contributed by atoms with van der Waals surface area (Å²) in [6.07, 6.45) is 6.51. The average molecular weight is 324 g/mol. The maximum absolute atomic E-state index is 12.1. The smallest absolute Gasteiger partial charge is 0.251 e. The van der Waals surface area contributed by atoms with Gasteiger partial charge in [0, 0.05) is 17.8 Å². The first-order chi connectivity index (χ1) is 11.7. The molecule has 4 heteroatoms. The van der Waals surface area contributed by atoms with E-state index in [2.05, 4.69) is 5.32 Å². The fourth-order valence-electron chi connectivity index (χ4n) is 3.03. The predicted molar refractivity (Wildman–Crippen MR) is 96.0 cm³/mol. The van der Waals surface area contributed by atoms with E-state index in [0.717, 1.165) is 24.2 Å². The molecule has 1 aliphatic carbocycles. The Morgan fingerprint density at radius 2 is 1.83 bits per heavy atom. The Morgan fingerprint density at radius 1 is 1.08 bits per heavy atom. The van der Waals surface area contributed by atoms with Crippen LogP contribution in [0.15, 0.2) is 48.5 Å². The topological polar surface area (TPSA) is 64.4 Å². The van der Waals surface area contributed by atoms with Gasteiger partial charge in [-0.2, -0.15) is 0 Å². The lowest BCUT2D eigenvalue weighted by molar-refractivity contribution is 0.0951. The van der Waals surface area contributed by atoms with E-state index in [0.29, 0.717) is 23.9 Å². The summed E-state index contributed by atoms with van der Waals surface area (Å²) < 4.78 is 6.02. The van der Waals surface area contributed by atoms with Crippen molar-refractivity contribution in [1.82, 2.24) is 5.32 Å². The van der Waals surface area contributed by atoms with Gasteiger partial charge in [-0.3, -0.25) is 4.79 Å². The lowest BCUT2D eigenvalue weighted by Crippen LogP contribution is -2.23. The van der Waals surface area contributed by atoms with Crippen LogP contribution in [0.25, 0.3) is 0 Å². The largest absolute Gasteiger partial charge is 0.490 e. The molecule has 2 aromatic rings. The first-order valence-electron chi connectivity index (χ1n) is 8.60. The summed E-state index contributed by atoms with van der Waals surface area (Å²) in [5, 5.41) is 2.91. The SMILES string of the molecule is Nc1cccc(C(=O)NCc2ccc(OC3CCCCC3)cc2)c1. The number of amides is 1. The number of carbonyl (C=O) groups is 1. The first kappa shape index (κ1) is 16.4. The van der Waals surface area contributed by atoms with Crippen molar-refractivity contribution < 1.29 is 9.53 Å². The van der Waals surface area contributed by atoms with E-state index in [1.165, 1.54) is 19.3 Å². The van der Waals surface area contributed by atoms with Gasteiger partial charge in [-0.25, -0.2) is 0 Å². The van der Waals surface area contributed by atoms with Crippen LogP contribution in [0.4, 0.5) is 5.69 Å². The fraction of sp³-hybridized carbons (Fsp3) is 0.350. The third kappa shape index (κ3) is 4.51. The second kappa shape index (κ2) is 7.86. The van der Waals surface area contributed by atoms with E-state index < -0.39 is 0 Å². The second-order valence-electron chi connectivity index (χ2n) is 6.33. The van der Waals surface area contributed by atoms with Crippen molar-refractivity contribution in [1.29, 1.82) is 0 Å². The molecular formula is C20H24N2O2. The van der Waals surface area contributed by atoms with Crippen molar-refractivity contribution in [3.8, 4) is 5.75 Å². The molecule has 3 rings (SSSR count). The molecule has 24 heavy (non-hydrogen) atoms. The van der Waals surface area contributed by atoms with E-state index in [1.807, 2.05) is 24.3 Å². The van der Waals surface area contributed by atoms with Crippen molar-refractivity contribution in [2.45, 2.75) is 44.8 Å². The molecule has 0 saturated heterocycles. The van der Waals surface area contributed by atoms with Gasteiger partial charge in [0.05, 0.1) is 6.10 Å². The van der Waals surface area contributed by atoms with E-state index >= 15 is 0 Å². The molecule has 0 aromatic heterocycles. The quantitative estimate of drug-likeness (QED) is 0.820. The van der Waals surface area contributed by atoms with Gasteiger partial charge in [0.2, 0.25) is 0 Å². The summed E-state index contributed by atoms with van der Waals surface area (Å²) in [6.45, 7) is 0.483. The first-order valence-corrected chi connectivity index (χ1v) is 8.60. The Morgan fingerprint density at radius 3 is 2.54 bits per heavy atom. The molecule has 126 valence electrons. The summed E-state index contributed by atoms with van der Waals surface area (Å²) in [5.41, 5.74) is 7.91. The Kier molecular flexibility index (Phi) is 5.36. The molecule has 4 nitrogen and oxygen atoms in total. The molecule has 3 N–H and O–H groups in total. The van der Waals surface area contributed by atoms with E-state index in [-0.39, 0.29) is 5.91 Å². The molecule has 0 aliphatic heterocycles. The van der Waals surface area contributed by atoms with Crippen LogP contribution < -0.4 is 15.8 Å². The lowest BCUT2D eigenvalue weighted by Gasteiger charge is -2.23. The van der Waals surface area contributed by atoms with Crippen molar-refractivity contribution in [3.05, 3.63) is 59.7 Å². The number of rotatable bonds is 5. The number of nitrogens with two attached hydrogens (primary N) is 1. The minimum absolute atomic E-state index is 0.121. The van der Waals surface area contributed by atoms with Crippen molar-refractivity contribution in [3.63, 3.8) is 0 Å². The highest BCUT2D eigenvalue weighted by Gasteiger charge is 2.14. The summed E-state index contributed by atoms with van der Waals surface area (Å²) in [6, 6.07) is 14.9. The minimum atomic E-state index is -0.121. The molecule has 0 radical (unpaired) electrons. The van der Waals surface area contributed by atoms with Crippen molar-refractivity contribution in [2.75, 3.05) is 5.73 Å². The fourth-order valence-corrected chi connectivity index (χ4v) is 3.03. The molecule has 0 heterocycles. The highest BCUT2D eigenvalue weighted by Crippen LogP contribution is 2.23. The maximum atomic E-state index is 12.1. The van der Waals surface area contributed by atoms with Crippen LogP contribution in [-0.4, -0.2) is 12.0 Å². The number of hydrogen-bond donors (Lipinski definition) is 2. The number of hydrogen-bond acceptors (Lipinski definition) is 3. The van der Waals surface area contributed by atoms with Crippen molar-refractivity contribution in [2.24, 2.45) is 0 Å². The summed E-state index contributed by atoms with van der Waals surface area (Å²) in [5.74, 6) is 0.789. The number of carbonyl (C=O) groups excluding carboxylic acids is 1. The van der Waals surface area contributed by atoms with Crippen LogP contribution in [-0.2, 0) is 6.54 Å². The molecular weight excluding hydrogens is 300 g/mol. The third-order valence-electron chi connectivity index (χ3n) is 4.38. The molecule has 1 amide bonds. The average Bonchev–Trinajstić information content (AvgIpc) is 2.62. The number of nitrogens with one attached hydrogen (secondary N) is 1. The second-order valence-corrected chi connectivity index (χ2v) is 6.33. The van der Waals surface area contributed by atoms with Crippen LogP contribution in [0, 0.1) is 0 Å². The Balaban J connectivity index is 1.51. The summed E-state index contributed by atoms with van der Waals surface area (Å²) >= 11 is 0. The monoisotopic (exact) mass is 324 g/mol. The Hall–Kier alpha value is -2.49. The van der Waals surface area contributed by atoms with E-state index in [1.54, 1.807) is 24.3 Å². The molecule has 0 atom stereocenters.